The van der Waals surface area contributed by atoms with Gasteiger partial charge in [0.05, 0.1) is 12.6 Å². The highest BCUT2D eigenvalue weighted by molar-refractivity contribution is 5.82. The van der Waals surface area contributed by atoms with Gasteiger partial charge in [0.15, 0.2) is 6.10 Å². The molecule has 1 saturated carbocycles. The van der Waals surface area contributed by atoms with E-state index in [4.69, 9.17) is 4.74 Å². The zero-order valence-corrected chi connectivity index (χ0v) is 13.6. The molecule has 1 aromatic rings. The topological polar surface area (TPSA) is 32.8 Å². The van der Waals surface area contributed by atoms with Crippen molar-refractivity contribution in [3.05, 3.63) is 35.9 Å². The van der Waals surface area contributed by atoms with Crippen molar-refractivity contribution in [2.24, 2.45) is 0 Å². The number of carbonyl (C=O) groups is 1. The van der Waals surface area contributed by atoms with Gasteiger partial charge in [0.2, 0.25) is 0 Å². The minimum absolute atomic E-state index is 0.0502. The quantitative estimate of drug-likeness (QED) is 0.837. The van der Waals surface area contributed by atoms with E-state index in [9.17, 15) is 4.79 Å². The van der Waals surface area contributed by atoms with Gasteiger partial charge in [-0.2, -0.15) is 0 Å². The number of hydrogen-bond acceptors (Lipinski definition) is 3. The average molecular weight is 302 g/mol. The Hall–Kier alpha value is -1.39. The lowest BCUT2D eigenvalue weighted by atomic mass is 9.96. The standard InChI is InChI=1S/C18H26N2O2/c1-3-11-19(2)18(21)17-16(14-7-5-4-6-8-14)20(12-13-22-17)15-9-10-15/h4-8,15-17H,3,9-13H2,1-2H3/t16-,17+/m0/s1. The smallest absolute Gasteiger partial charge is 0.253 e. The summed E-state index contributed by atoms with van der Waals surface area (Å²) in [5.74, 6) is 0.112. The Morgan fingerprint density at radius 3 is 2.68 bits per heavy atom. The van der Waals surface area contributed by atoms with E-state index in [0.29, 0.717) is 12.6 Å². The van der Waals surface area contributed by atoms with Crippen LogP contribution in [-0.2, 0) is 9.53 Å². The number of carbonyl (C=O) groups excluding carboxylic acids is 1. The summed E-state index contributed by atoms with van der Waals surface area (Å²) in [6, 6.07) is 11.0. The summed E-state index contributed by atoms with van der Waals surface area (Å²) in [4.78, 5) is 17.1. The summed E-state index contributed by atoms with van der Waals surface area (Å²) < 4.78 is 5.95. The van der Waals surface area contributed by atoms with Crippen molar-refractivity contribution in [2.75, 3.05) is 26.7 Å². The Bertz CT molecular complexity index is 501. The Morgan fingerprint density at radius 1 is 1.32 bits per heavy atom. The highest BCUT2D eigenvalue weighted by Crippen LogP contribution is 2.39. The zero-order chi connectivity index (χ0) is 15.5. The molecule has 2 aliphatic rings. The maximum atomic E-state index is 12.8. The van der Waals surface area contributed by atoms with Crippen LogP contribution >= 0.6 is 0 Å². The fourth-order valence-electron chi connectivity index (χ4n) is 3.39. The molecular weight excluding hydrogens is 276 g/mol. The first-order valence-electron chi connectivity index (χ1n) is 8.39. The highest BCUT2D eigenvalue weighted by atomic mass is 16.5. The largest absolute Gasteiger partial charge is 0.365 e. The van der Waals surface area contributed by atoms with Gasteiger partial charge in [0.25, 0.3) is 5.91 Å². The number of rotatable bonds is 5. The van der Waals surface area contributed by atoms with Gasteiger partial charge in [-0.3, -0.25) is 9.69 Å². The maximum absolute atomic E-state index is 12.8. The number of ether oxygens (including phenoxy) is 1. The number of likely N-dealkylation sites (N-methyl/N-ethyl adjacent to an activating group) is 1. The minimum atomic E-state index is -0.381. The van der Waals surface area contributed by atoms with Crippen LogP contribution in [0, 0.1) is 0 Å². The summed E-state index contributed by atoms with van der Waals surface area (Å²) in [7, 11) is 1.88. The normalized spacial score (nSPS) is 25.9. The van der Waals surface area contributed by atoms with Crippen molar-refractivity contribution in [3.8, 4) is 0 Å². The first kappa shape index (κ1) is 15.5. The van der Waals surface area contributed by atoms with Crippen molar-refractivity contribution in [2.45, 2.75) is 44.4 Å². The van der Waals surface area contributed by atoms with Gasteiger partial charge in [-0.1, -0.05) is 37.3 Å². The molecule has 4 nitrogen and oxygen atoms in total. The van der Waals surface area contributed by atoms with Crippen molar-refractivity contribution >= 4 is 5.91 Å². The van der Waals surface area contributed by atoms with Crippen LogP contribution in [-0.4, -0.2) is 54.6 Å². The molecule has 1 saturated heterocycles. The number of amides is 1. The van der Waals surface area contributed by atoms with Crippen LogP contribution < -0.4 is 0 Å². The number of nitrogens with zero attached hydrogens (tertiary/aromatic N) is 2. The van der Waals surface area contributed by atoms with Gasteiger partial charge in [0.1, 0.15) is 0 Å². The predicted octanol–water partition coefficient (Wildman–Crippen LogP) is 2.46. The Kier molecular flexibility index (Phi) is 4.79. The molecule has 3 rings (SSSR count). The molecule has 0 radical (unpaired) electrons. The summed E-state index contributed by atoms with van der Waals surface area (Å²) in [6.07, 6.45) is 3.08. The number of benzene rings is 1. The van der Waals surface area contributed by atoms with Gasteiger partial charge in [-0.15, -0.1) is 0 Å². The molecule has 0 spiro atoms. The van der Waals surface area contributed by atoms with E-state index in [2.05, 4.69) is 24.0 Å². The van der Waals surface area contributed by atoms with Crippen LogP contribution in [0.5, 0.6) is 0 Å². The Balaban J connectivity index is 1.87. The van der Waals surface area contributed by atoms with Gasteiger partial charge >= 0.3 is 0 Å². The van der Waals surface area contributed by atoms with E-state index in [-0.39, 0.29) is 18.1 Å². The molecule has 1 heterocycles. The molecule has 0 N–H and O–H groups in total. The van der Waals surface area contributed by atoms with E-state index in [1.54, 1.807) is 0 Å². The molecule has 1 aromatic carbocycles. The third-order valence-corrected chi connectivity index (χ3v) is 4.63. The van der Waals surface area contributed by atoms with Crippen LogP contribution in [0.3, 0.4) is 0 Å². The second kappa shape index (κ2) is 6.80. The summed E-state index contributed by atoms with van der Waals surface area (Å²) in [5.41, 5.74) is 1.19. The van der Waals surface area contributed by atoms with Gasteiger partial charge < -0.3 is 9.64 Å². The second-order valence-corrected chi connectivity index (χ2v) is 6.38. The lowest BCUT2D eigenvalue weighted by Gasteiger charge is -2.42. The molecule has 0 aromatic heterocycles. The number of hydrogen-bond donors (Lipinski definition) is 0. The summed E-state index contributed by atoms with van der Waals surface area (Å²) in [6.45, 7) is 4.45. The molecule has 0 bridgehead atoms. The molecule has 2 atom stereocenters. The van der Waals surface area contributed by atoms with Crippen molar-refractivity contribution in [3.63, 3.8) is 0 Å². The molecule has 1 amide bonds. The van der Waals surface area contributed by atoms with Crippen LogP contribution in [0.25, 0.3) is 0 Å². The predicted molar refractivity (Wildman–Crippen MR) is 86.6 cm³/mol. The molecule has 120 valence electrons. The highest BCUT2D eigenvalue weighted by Gasteiger charge is 2.44. The van der Waals surface area contributed by atoms with Crippen molar-refractivity contribution in [1.82, 2.24) is 9.80 Å². The molecule has 1 aliphatic heterocycles. The van der Waals surface area contributed by atoms with Gasteiger partial charge in [0, 0.05) is 26.2 Å². The molecule has 1 aliphatic carbocycles. The Morgan fingerprint density at radius 2 is 2.05 bits per heavy atom. The summed E-state index contributed by atoms with van der Waals surface area (Å²) >= 11 is 0. The van der Waals surface area contributed by atoms with Crippen LogP contribution in [0.4, 0.5) is 0 Å². The van der Waals surface area contributed by atoms with E-state index in [0.717, 1.165) is 19.5 Å². The number of morpholine rings is 1. The molecule has 0 unspecified atom stereocenters. The van der Waals surface area contributed by atoms with Crippen molar-refractivity contribution < 1.29 is 9.53 Å². The van der Waals surface area contributed by atoms with Crippen LogP contribution in [0.2, 0.25) is 0 Å². The molecule has 22 heavy (non-hydrogen) atoms. The lowest BCUT2D eigenvalue weighted by molar-refractivity contribution is -0.156. The first-order valence-corrected chi connectivity index (χ1v) is 8.39. The van der Waals surface area contributed by atoms with Crippen LogP contribution in [0.1, 0.15) is 37.8 Å². The molecular formula is C18H26N2O2. The molecule has 2 fully saturated rings. The minimum Gasteiger partial charge on any atom is -0.365 e. The van der Waals surface area contributed by atoms with E-state index < -0.39 is 0 Å². The first-order chi connectivity index (χ1) is 10.7. The van der Waals surface area contributed by atoms with Crippen LogP contribution in [0.15, 0.2) is 30.3 Å². The van der Waals surface area contributed by atoms with E-state index >= 15 is 0 Å². The third-order valence-electron chi connectivity index (χ3n) is 4.63. The SMILES string of the molecule is CCCN(C)C(=O)[C@@H]1OCCN(C2CC2)[C@H]1c1ccccc1. The maximum Gasteiger partial charge on any atom is 0.253 e. The fourth-order valence-corrected chi connectivity index (χ4v) is 3.39. The van der Waals surface area contributed by atoms with E-state index in [1.807, 2.05) is 30.1 Å². The van der Waals surface area contributed by atoms with Crippen molar-refractivity contribution in [1.29, 1.82) is 0 Å². The average Bonchev–Trinajstić information content (AvgIpc) is 3.39. The van der Waals surface area contributed by atoms with Gasteiger partial charge in [-0.05, 0) is 24.8 Å². The second-order valence-electron chi connectivity index (χ2n) is 6.38. The monoisotopic (exact) mass is 302 g/mol. The lowest BCUT2D eigenvalue weighted by Crippen LogP contribution is -2.52. The zero-order valence-electron chi connectivity index (χ0n) is 13.6. The fraction of sp³-hybridized carbons (Fsp3) is 0.611. The summed E-state index contributed by atoms with van der Waals surface area (Å²) in [5, 5.41) is 0. The third kappa shape index (κ3) is 3.18. The Labute approximate surface area is 133 Å². The molecule has 4 heteroatoms. The van der Waals surface area contributed by atoms with Gasteiger partial charge in [-0.25, -0.2) is 0 Å². The van der Waals surface area contributed by atoms with E-state index in [1.165, 1.54) is 18.4 Å².